The van der Waals surface area contributed by atoms with Gasteiger partial charge in [-0.05, 0) is 25.1 Å². The second kappa shape index (κ2) is 7.03. The van der Waals surface area contributed by atoms with Crippen LogP contribution in [0, 0.1) is 0 Å². The molecule has 0 radical (unpaired) electrons. The number of nitrogens with zero attached hydrogens (tertiary/aromatic N) is 4. The number of fused-ring (bicyclic) bond motifs is 2. The third kappa shape index (κ3) is 3.00. The minimum Gasteiger partial charge on any atom is -0.460 e. The Bertz CT molecular complexity index is 1390. The average Bonchev–Trinajstić information content (AvgIpc) is 3.27. The van der Waals surface area contributed by atoms with E-state index in [0.29, 0.717) is 16.5 Å². The van der Waals surface area contributed by atoms with E-state index in [2.05, 4.69) is 20.9 Å². The molecule has 0 bridgehead atoms. The molecule has 4 rings (SSSR count). The molecule has 0 aliphatic rings. The molecule has 0 atom stereocenters. The first-order chi connectivity index (χ1) is 13.8. The second-order valence-electron chi connectivity index (χ2n) is 6.52. The molecule has 0 saturated heterocycles. The van der Waals surface area contributed by atoms with Crippen LogP contribution < -0.4 is 11.2 Å². The minimum absolute atomic E-state index is 0.0726. The van der Waals surface area contributed by atoms with Crippen LogP contribution in [-0.2, 0) is 25.4 Å². The van der Waals surface area contributed by atoms with E-state index < -0.39 is 17.2 Å². The van der Waals surface area contributed by atoms with Gasteiger partial charge in [0.1, 0.15) is 5.58 Å². The van der Waals surface area contributed by atoms with Crippen molar-refractivity contribution in [3.8, 4) is 0 Å². The summed E-state index contributed by atoms with van der Waals surface area (Å²) in [5.41, 5.74) is 0.689. The van der Waals surface area contributed by atoms with Crippen molar-refractivity contribution >= 4 is 44.0 Å². The summed E-state index contributed by atoms with van der Waals surface area (Å²) in [7, 11) is 2.96. The Morgan fingerprint density at radius 2 is 2.00 bits per heavy atom. The zero-order chi connectivity index (χ0) is 20.9. The van der Waals surface area contributed by atoms with Gasteiger partial charge in [0, 0.05) is 29.5 Å². The summed E-state index contributed by atoms with van der Waals surface area (Å²) in [5, 5.41) is 0.714. The number of hydrogen-bond acceptors (Lipinski definition) is 6. The highest BCUT2D eigenvalue weighted by atomic mass is 79.9. The molecule has 0 fully saturated rings. The molecule has 0 amide bonds. The van der Waals surface area contributed by atoms with Crippen molar-refractivity contribution in [2.45, 2.75) is 13.5 Å². The van der Waals surface area contributed by atoms with Gasteiger partial charge in [-0.3, -0.25) is 13.9 Å². The molecule has 4 aromatic rings. The van der Waals surface area contributed by atoms with Gasteiger partial charge in [-0.15, -0.1) is 0 Å². The van der Waals surface area contributed by atoms with E-state index >= 15 is 0 Å². The Morgan fingerprint density at radius 1 is 1.24 bits per heavy atom. The fourth-order valence-corrected chi connectivity index (χ4v) is 3.69. The van der Waals surface area contributed by atoms with Gasteiger partial charge < -0.3 is 13.7 Å². The van der Waals surface area contributed by atoms with E-state index in [1.807, 2.05) is 12.1 Å². The third-order valence-corrected chi connectivity index (χ3v) is 5.25. The van der Waals surface area contributed by atoms with Crippen LogP contribution in [0.15, 0.2) is 43.0 Å². The Hall–Kier alpha value is -3.14. The number of ether oxygens (including phenoxy) is 1. The van der Waals surface area contributed by atoms with Crippen molar-refractivity contribution in [2.75, 3.05) is 6.61 Å². The number of halogens is 1. The molecule has 3 aromatic heterocycles. The van der Waals surface area contributed by atoms with Crippen molar-refractivity contribution < 1.29 is 13.9 Å². The average molecular weight is 461 g/mol. The van der Waals surface area contributed by atoms with E-state index in [1.165, 1.54) is 17.9 Å². The van der Waals surface area contributed by atoms with Crippen molar-refractivity contribution in [1.82, 2.24) is 18.7 Å². The fraction of sp³-hybridized carbons (Fsp3) is 0.263. The van der Waals surface area contributed by atoms with Gasteiger partial charge in [0.15, 0.2) is 11.2 Å². The quantitative estimate of drug-likeness (QED) is 0.432. The molecule has 0 aliphatic heterocycles. The first-order valence-corrected chi connectivity index (χ1v) is 9.61. The summed E-state index contributed by atoms with van der Waals surface area (Å²) in [6, 6.07) is 5.40. The summed E-state index contributed by atoms with van der Waals surface area (Å²) >= 11 is 3.43. The molecule has 150 valence electrons. The van der Waals surface area contributed by atoms with Gasteiger partial charge in [-0.1, -0.05) is 15.9 Å². The zero-order valence-electron chi connectivity index (χ0n) is 15.9. The lowest BCUT2D eigenvalue weighted by atomic mass is 10.1. The fourth-order valence-electron chi connectivity index (χ4n) is 3.33. The minimum atomic E-state index is -0.584. The highest BCUT2D eigenvalue weighted by Gasteiger charge is 2.24. The topological polar surface area (TPSA) is 101 Å². The molecule has 10 heteroatoms. The van der Waals surface area contributed by atoms with Crippen LogP contribution in [0.2, 0.25) is 0 Å². The van der Waals surface area contributed by atoms with E-state index in [-0.39, 0.29) is 30.1 Å². The molecule has 3 heterocycles. The number of benzene rings is 1. The summed E-state index contributed by atoms with van der Waals surface area (Å²) < 4.78 is 15.6. The molecule has 0 unspecified atom stereocenters. The Labute approximate surface area is 172 Å². The van der Waals surface area contributed by atoms with Crippen LogP contribution in [0.3, 0.4) is 0 Å². The van der Waals surface area contributed by atoms with E-state index in [0.717, 1.165) is 9.04 Å². The van der Waals surface area contributed by atoms with Crippen molar-refractivity contribution in [1.29, 1.82) is 0 Å². The highest BCUT2D eigenvalue weighted by molar-refractivity contribution is 9.10. The molecule has 29 heavy (non-hydrogen) atoms. The predicted octanol–water partition coefficient (Wildman–Crippen LogP) is 2.17. The summed E-state index contributed by atoms with van der Waals surface area (Å²) in [6.45, 7) is 2.06. The molecule has 0 spiro atoms. The maximum Gasteiger partial charge on any atom is 0.374 e. The largest absolute Gasteiger partial charge is 0.460 e. The van der Waals surface area contributed by atoms with Crippen LogP contribution in [-0.4, -0.2) is 31.3 Å². The molecule has 1 aromatic carbocycles. The lowest BCUT2D eigenvalue weighted by molar-refractivity contribution is 0.0491. The molecule has 0 N–H and O–H groups in total. The predicted molar refractivity (Wildman–Crippen MR) is 109 cm³/mol. The first-order valence-electron chi connectivity index (χ1n) is 8.82. The van der Waals surface area contributed by atoms with Crippen molar-refractivity contribution in [2.24, 2.45) is 14.1 Å². The molecular formula is C19H17BrN4O5. The normalized spacial score (nSPS) is 11.4. The lowest BCUT2D eigenvalue weighted by Gasteiger charge is -2.07. The van der Waals surface area contributed by atoms with E-state index in [1.54, 1.807) is 24.6 Å². The summed E-state index contributed by atoms with van der Waals surface area (Å²) in [6.07, 6.45) is 1.47. The highest BCUT2D eigenvalue weighted by Crippen LogP contribution is 2.30. The number of hydrogen-bond donors (Lipinski definition) is 0. The number of aromatic nitrogens is 4. The van der Waals surface area contributed by atoms with Crippen LogP contribution in [0.1, 0.15) is 23.0 Å². The first kappa shape index (κ1) is 19.2. The number of rotatable bonds is 4. The second-order valence-corrected chi connectivity index (χ2v) is 7.44. The number of aryl methyl sites for hydroxylation is 1. The van der Waals surface area contributed by atoms with Crippen molar-refractivity contribution in [3.05, 3.63) is 61.2 Å². The zero-order valence-corrected chi connectivity index (χ0v) is 17.5. The number of carbonyl (C=O) groups excluding carboxylic acids is 1. The Kier molecular flexibility index (Phi) is 4.65. The molecular weight excluding hydrogens is 444 g/mol. The van der Waals surface area contributed by atoms with Crippen LogP contribution in [0.5, 0.6) is 0 Å². The number of furan rings is 1. The monoisotopic (exact) mass is 460 g/mol. The van der Waals surface area contributed by atoms with E-state index in [4.69, 9.17) is 9.15 Å². The smallest absolute Gasteiger partial charge is 0.374 e. The SMILES string of the molecule is CCOC(=O)c1oc2ccc(Br)cc2c1Cn1cnc2c1c(=O)n(C)c(=O)n2C. The van der Waals surface area contributed by atoms with Gasteiger partial charge in [-0.25, -0.2) is 14.6 Å². The van der Waals surface area contributed by atoms with Gasteiger partial charge in [0.05, 0.1) is 19.5 Å². The molecule has 0 saturated carbocycles. The summed E-state index contributed by atoms with van der Waals surface area (Å²) in [5.74, 6) is -0.511. The molecule has 0 aliphatic carbocycles. The van der Waals surface area contributed by atoms with Gasteiger partial charge in [0.2, 0.25) is 5.76 Å². The van der Waals surface area contributed by atoms with Crippen LogP contribution >= 0.6 is 15.9 Å². The standard InChI is InChI=1S/C19H17BrN4O5/c1-4-28-18(26)15-12(11-7-10(20)5-6-13(11)29-15)8-24-9-21-16-14(24)17(25)23(3)19(27)22(16)2/h5-7,9H,4,8H2,1-3H3. The van der Waals surface area contributed by atoms with Crippen LogP contribution in [0.25, 0.3) is 22.1 Å². The van der Waals surface area contributed by atoms with Gasteiger partial charge in [0.25, 0.3) is 5.56 Å². The Morgan fingerprint density at radius 3 is 2.72 bits per heavy atom. The van der Waals surface area contributed by atoms with Crippen molar-refractivity contribution in [3.63, 3.8) is 0 Å². The Balaban J connectivity index is 1.96. The lowest BCUT2D eigenvalue weighted by Crippen LogP contribution is -2.37. The molecule has 9 nitrogen and oxygen atoms in total. The van der Waals surface area contributed by atoms with Crippen LogP contribution in [0.4, 0.5) is 0 Å². The van der Waals surface area contributed by atoms with E-state index in [9.17, 15) is 14.4 Å². The van der Waals surface area contributed by atoms with Gasteiger partial charge >= 0.3 is 11.7 Å². The van der Waals surface area contributed by atoms with Gasteiger partial charge in [-0.2, -0.15) is 0 Å². The maximum absolute atomic E-state index is 12.7. The number of carbonyl (C=O) groups is 1. The summed E-state index contributed by atoms with van der Waals surface area (Å²) in [4.78, 5) is 41.6. The third-order valence-electron chi connectivity index (χ3n) is 4.76. The maximum atomic E-state index is 12.7. The number of imidazole rings is 1. The number of esters is 1.